The van der Waals surface area contributed by atoms with Gasteiger partial charge in [-0.3, -0.25) is 4.79 Å². The van der Waals surface area contributed by atoms with E-state index >= 15 is 0 Å². The Labute approximate surface area is 106 Å². The molecule has 0 aromatic heterocycles. The van der Waals surface area contributed by atoms with Crippen LogP contribution in [0.1, 0.15) is 5.56 Å². The van der Waals surface area contributed by atoms with Crippen LogP contribution in [-0.2, 0) is 4.79 Å². The third-order valence-electron chi connectivity index (χ3n) is 2.26. The van der Waals surface area contributed by atoms with E-state index in [0.29, 0.717) is 12.2 Å². The molecule has 0 spiro atoms. The van der Waals surface area contributed by atoms with Crippen LogP contribution in [0.15, 0.2) is 36.0 Å². The van der Waals surface area contributed by atoms with E-state index in [1.165, 1.54) is 6.20 Å². The highest BCUT2D eigenvalue weighted by atomic mass is 16.3. The molecule has 0 atom stereocenters. The maximum absolute atomic E-state index is 11.8. The number of carbonyl (C=O) groups is 1. The van der Waals surface area contributed by atoms with E-state index in [-0.39, 0.29) is 12.2 Å². The Kier molecular flexibility index (Phi) is 5.42. The van der Waals surface area contributed by atoms with Gasteiger partial charge in [0, 0.05) is 18.4 Å². The first-order valence-corrected chi connectivity index (χ1v) is 5.50. The molecule has 0 aliphatic carbocycles. The highest BCUT2D eigenvalue weighted by Crippen LogP contribution is 2.13. The van der Waals surface area contributed by atoms with Gasteiger partial charge < -0.3 is 15.7 Å². The van der Waals surface area contributed by atoms with Crippen LogP contribution in [0, 0.1) is 18.3 Å². The molecule has 0 aliphatic rings. The molecule has 0 bridgehead atoms. The van der Waals surface area contributed by atoms with Crippen LogP contribution in [0.4, 0.5) is 5.69 Å². The first kappa shape index (κ1) is 13.7. The van der Waals surface area contributed by atoms with Crippen molar-refractivity contribution in [1.29, 1.82) is 5.26 Å². The summed E-state index contributed by atoms with van der Waals surface area (Å²) in [6.07, 6.45) is 1.30. The molecular formula is C13H15N3O2. The van der Waals surface area contributed by atoms with Crippen LogP contribution in [0.5, 0.6) is 0 Å². The van der Waals surface area contributed by atoms with Crippen LogP contribution in [0.25, 0.3) is 0 Å². The summed E-state index contributed by atoms with van der Waals surface area (Å²) in [6.45, 7) is 2.10. The maximum Gasteiger partial charge on any atom is 0.267 e. The SMILES string of the molecule is Cc1ccccc1NC(=O)/C(C#N)=C\NCCO. The average Bonchev–Trinajstić information content (AvgIpc) is 2.37. The number of nitriles is 1. The quantitative estimate of drug-likeness (QED) is 0.409. The second-order valence-corrected chi connectivity index (χ2v) is 3.62. The predicted octanol–water partition coefficient (Wildman–Crippen LogP) is 0.923. The van der Waals surface area contributed by atoms with Crippen molar-refractivity contribution in [3.63, 3.8) is 0 Å². The molecular weight excluding hydrogens is 230 g/mol. The normalized spacial score (nSPS) is 10.6. The van der Waals surface area contributed by atoms with Gasteiger partial charge in [-0.15, -0.1) is 0 Å². The van der Waals surface area contributed by atoms with Gasteiger partial charge in [-0.1, -0.05) is 18.2 Å². The second kappa shape index (κ2) is 7.09. The predicted molar refractivity (Wildman–Crippen MR) is 68.6 cm³/mol. The molecule has 1 amide bonds. The fourth-order valence-electron chi connectivity index (χ4n) is 1.29. The highest BCUT2D eigenvalue weighted by molar-refractivity contribution is 6.06. The Morgan fingerprint density at radius 1 is 1.50 bits per heavy atom. The Bertz CT molecular complexity index is 489. The number of nitrogens with one attached hydrogen (secondary N) is 2. The first-order valence-electron chi connectivity index (χ1n) is 5.50. The Morgan fingerprint density at radius 2 is 2.22 bits per heavy atom. The number of rotatable bonds is 5. The zero-order valence-corrected chi connectivity index (χ0v) is 10.1. The van der Waals surface area contributed by atoms with E-state index in [9.17, 15) is 4.79 Å². The van der Waals surface area contributed by atoms with Gasteiger partial charge in [0.1, 0.15) is 11.6 Å². The minimum Gasteiger partial charge on any atom is -0.395 e. The molecule has 0 saturated heterocycles. The van der Waals surface area contributed by atoms with Gasteiger partial charge >= 0.3 is 0 Å². The number of amides is 1. The molecule has 0 heterocycles. The Balaban J connectivity index is 2.72. The van der Waals surface area contributed by atoms with Crippen molar-refractivity contribution in [2.45, 2.75) is 6.92 Å². The number of aliphatic hydroxyl groups is 1. The summed E-state index contributed by atoms with van der Waals surface area (Å²) in [5, 5.41) is 22.8. The number of nitrogens with zero attached hydrogens (tertiary/aromatic N) is 1. The summed E-state index contributed by atoms with van der Waals surface area (Å²) < 4.78 is 0. The monoisotopic (exact) mass is 245 g/mol. The molecule has 1 aromatic carbocycles. The third-order valence-corrected chi connectivity index (χ3v) is 2.26. The van der Waals surface area contributed by atoms with Gasteiger partial charge in [0.25, 0.3) is 5.91 Å². The summed E-state index contributed by atoms with van der Waals surface area (Å²) in [6, 6.07) is 9.12. The van der Waals surface area contributed by atoms with Crippen LogP contribution in [0.3, 0.4) is 0 Å². The van der Waals surface area contributed by atoms with E-state index < -0.39 is 5.91 Å². The summed E-state index contributed by atoms with van der Waals surface area (Å²) in [5.41, 5.74) is 1.56. The standard InChI is InChI=1S/C13H15N3O2/c1-10-4-2-3-5-12(10)16-13(18)11(8-14)9-15-6-7-17/h2-5,9,15,17H,6-7H2,1H3,(H,16,18)/b11-9-. The second-order valence-electron chi connectivity index (χ2n) is 3.62. The lowest BCUT2D eigenvalue weighted by Gasteiger charge is -2.07. The number of benzene rings is 1. The molecule has 5 nitrogen and oxygen atoms in total. The minimum absolute atomic E-state index is 0.0355. The molecule has 1 aromatic rings. The summed E-state index contributed by atoms with van der Waals surface area (Å²) in [7, 11) is 0. The lowest BCUT2D eigenvalue weighted by molar-refractivity contribution is -0.112. The molecule has 0 saturated carbocycles. The topological polar surface area (TPSA) is 85.2 Å². The van der Waals surface area contributed by atoms with Crippen molar-refractivity contribution in [3.8, 4) is 6.07 Å². The lowest BCUT2D eigenvalue weighted by atomic mass is 10.2. The van der Waals surface area contributed by atoms with Gasteiger partial charge in [-0.25, -0.2) is 0 Å². The smallest absolute Gasteiger partial charge is 0.267 e. The molecule has 0 radical (unpaired) electrons. The van der Waals surface area contributed by atoms with Gasteiger partial charge in [-0.2, -0.15) is 5.26 Å². The summed E-state index contributed by atoms with van der Waals surface area (Å²) >= 11 is 0. The van der Waals surface area contributed by atoms with Crippen LogP contribution >= 0.6 is 0 Å². The Hall–Kier alpha value is -2.32. The van der Waals surface area contributed by atoms with Gasteiger partial charge in [-0.05, 0) is 18.6 Å². The van der Waals surface area contributed by atoms with E-state index in [0.717, 1.165) is 5.56 Å². The first-order chi connectivity index (χ1) is 8.69. The van der Waals surface area contributed by atoms with E-state index in [4.69, 9.17) is 10.4 Å². The zero-order chi connectivity index (χ0) is 13.4. The molecule has 0 aliphatic heterocycles. The number of aliphatic hydroxyl groups excluding tert-OH is 1. The fourth-order valence-corrected chi connectivity index (χ4v) is 1.29. The highest BCUT2D eigenvalue weighted by Gasteiger charge is 2.09. The fraction of sp³-hybridized carbons (Fsp3) is 0.231. The zero-order valence-electron chi connectivity index (χ0n) is 10.1. The average molecular weight is 245 g/mol. The van der Waals surface area contributed by atoms with Crippen LogP contribution in [-0.4, -0.2) is 24.2 Å². The lowest BCUT2D eigenvalue weighted by Crippen LogP contribution is -2.18. The van der Waals surface area contributed by atoms with E-state index in [1.54, 1.807) is 12.1 Å². The Morgan fingerprint density at radius 3 is 2.83 bits per heavy atom. The number of para-hydroxylation sites is 1. The summed E-state index contributed by atoms with van der Waals surface area (Å²) in [4.78, 5) is 11.8. The summed E-state index contributed by atoms with van der Waals surface area (Å²) in [5.74, 6) is -0.475. The van der Waals surface area contributed by atoms with Crippen LogP contribution < -0.4 is 10.6 Å². The maximum atomic E-state index is 11.8. The molecule has 3 N–H and O–H groups in total. The third kappa shape index (κ3) is 3.92. The number of aryl methyl sites for hydroxylation is 1. The molecule has 18 heavy (non-hydrogen) atoms. The van der Waals surface area contributed by atoms with Crippen molar-refractivity contribution in [2.75, 3.05) is 18.5 Å². The number of hydrogen-bond acceptors (Lipinski definition) is 4. The van der Waals surface area contributed by atoms with E-state index in [1.807, 2.05) is 25.1 Å². The molecule has 5 heteroatoms. The molecule has 0 unspecified atom stereocenters. The van der Waals surface area contributed by atoms with Crippen LogP contribution in [0.2, 0.25) is 0 Å². The van der Waals surface area contributed by atoms with Crippen molar-refractivity contribution in [2.24, 2.45) is 0 Å². The largest absolute Gasteiger partial charge is 0.395 e. The van der Waals surface area contributed by atoms with Crippen molar-refractivity contribution < 1.29 is 9.90 Å². The van der Waals surface area contributed by atoms with Crippen molar-refractivity contribution in [3.05, 3.63) is 41.6 Å². The van der Waals surface area contributed by atoms with Gasteiger partial charge in [0.2, 0.25) is 0 Å². The number of anilines is 1. The van der Waals surface area contributed by atoms with Crippen molar-refractivity contribution in [1.82, 2.24) is 5.32 Å². The van der Waals surface area contributed by atoms with Gasteiger partial charge in [0.15, 0.2) is 0 Å². The number of carbonyl (C=O) groups excluding carboxylic acids is 1. The van der Waals surface area contributed by atoms with Crippen molar-refractivity contribution >= 4 is 11.6 Å². The number of hydrogen-bond donors (Lipinski definition) is 3. The molecule has 94 valence electrons. The minimum atomic E-state index is -0.475. The molecule has 0 fully saturated rings. The molecule has 1 rings (SSSR count). The van der Waals surface area contributed by atoms with Gasteiger partial charge in [0.05, 0.1) is 6.61 Å². The van der Waals surface area contributed by atoms with E-state index in [2.05, 4.69) is 10.6 Å².